The van der Waals surface area contributed by atoms with Gasteiger partial charge in [0.05, 0.1) is 4.92 Å². The van der Waals surface area contributed by atoms with Gasteiger partial charge in [-0.1, -0.05) is 31.8 Å². The van der Waals surface area contributed by atoms with Crippen molar-refractivity contribution in [1.29, 1.82) is 0 Å². The van der Waals surface area contributed by atoms with Gasteiger partial charge in [0.1, 0.15) is 5.69 Å². The summed E-state index contributed by atoms with van der Waals surface area (Å²) in [4.78, 5) is 10.3. The first kappa shape index (κ1) is 12.7. The molecule has 0 fully saturated rings. The van der Waals surface area contributed by atoms with Gasteiger partial charge in [-0.05, 0) is 18.1 Å². The molecule has 0 aliphatic heterocycles. The van der Waals surface area contributed by atoms with Crippen molar-refractivity contribution in [2.45, 2.75) is 32.1 Å². The molecule has 0 aliphatic rings. The lowest BCUT2D eigenvalue weighted by Gasteiger charge is -2.15. The van der Waals surface area contributed by atoms with Crippen LogP contribution in [-0.4, -0.2) is 13.0 Å². The number of hydrogen-bond donors (Lipinski definition) is 1. The number of nitro benzene ring substituents is 1. The Morgan fingerprint density at radius 3 is 2.50 bits per heavy atom. The summed E-state index contributed by atoms with van der Waals surface area (Å²) in [6, 6.07) is 6.23. The Morgan fingerprint density at radius 1 is 1.38 bits per heavy atom. The number of nitro groups is 1. The highest BCUT2D eigenvalue weighted by Crippen LogP contribution is 2.24. The number of hydrogen-bond acceptors (Lipinski definition) is 3. The van der Waals surface area contributed by atoms with Crippen LogP contribution in [0.25, 0.3) is 0 Å². The predicted octanol–water partition coefficient (Wildman–Crippen LogP) is 3.06. The van der Waals surface area contributed by atoms with E-state index in [0.29, 0.717) is 0 Å². The molecule has 1 rings (SSSR count). The van der Waals surface area contributed by atoms with E-state index in [1.165, 1.54) is 0 Å². The fourth-order valence-electron chi connectivity index (χ4n) is 1.42. The molecule has 0 saturated carbocycles. The zero-order valence-corrected chi connectivity index (χ0v) is 11.0. The summed E-state index contributed by atoms with van der Waals surface area (Å²) in [5.41, 5.74) is 6.80. The molecule has 0 aromatic heterocycles. The first-order valence-corrected chi connectivity index (χ1v) is 9.03. The van der Waals surface area contributed by atoms with Crippen LogP contribution < -0.4 is 5.73 Å². The van der Waals surface area contributed by atoms with Crippen LogP contribution in [0.3, 0.4) is 0 Å². The standard InChI is InChI=1S/C11H18N2O2Si/c1-16(2,3)7-6-9-4-5-10(12)11(8-9)13(14)15/h4-5,8H,6-7,12H2,1-3H3. The molecule has 0 aliphatic carbocycles. The molecule has 1 aromatic carbocycles. The molecule has 4 nitrogen and oxygen atoms in total. The van der Waals surface area contributed by atoms with Crippen LogP contribution in [0.5, 0.6) is 0 Å². The molecule has 0 amide bonds. The van der Waals surface area contributed by atoms with Crippen molar-refractivity contribution >= 4 is 19.4 Å². The first-order chi connectivity index (χ1) is 7.29. The largest absolute Gasteiger partial charge is 0.393 e. The van der Waals surface area contributed by atoms with Crippen molar-refractivity contribution < 1.29 is 4.92 Å². The molecule has 5 heteroatoms. The second kappa shape index (κ2) is 4.65. The van der Waals surface area contributed by atoms with Crippen molar-refractivity contribution in [2.24, 2.45) is 0 Å². The normalized spacial score (nSPS) is 11.4. The maximum atomic E-state index is 10.7. The average molecular weight is 238 g/mol. The number of nitrogens with zero attached hydrogens (tertiary/aromatic N) is 1. The quantitative estimate of drug-likeness (QED) is 0.379. The number of benzene rings is 1. The first-order valence-electron chi connectivity index (χ1n) is 5.32. The van der Waals surface area contributed by atoms with Crippen LogP contribution in [-0.2, 0) is 6.42 Å². The Balaban J connectivity index is 2.83. The highest BCUT2D eigenvalue weighted by molar-refractivity contribution is 6.76. The number of anilines is 1. The molecule has 0 heterocycles. The summed E-state index contributed by atoms with van der Waals surface area (Å²) in [6.07, 6.45) is 0.900. The van der Waals surface area contributed by atoms with E-state index in [1.54, 1.807) is 12.1 Å². The molecular weight excluding hydrogens is 220 g/mol. The van der Waals surface area contributed by atoms with Crippen LogP contribution in [0.15, 0.2) is 18.2 Å². The van der Waals surface area contributed by atoms with Gasteiger partial charge in [-0.25, -0.2) is 0 Å². The molecular formula is C11H18N2O2Si. The van der Waals surface area contributed by atoms with Gasteiger partial charge in [-0.3, -0.25) is 10.1 Å². The molecule has 1 aromatic rings. The fraction of sp³-hybridized carbons (Fsp3) is 0.455. The third kappa shape index (κ3) is 3.66. The summed E-state index contributed by atoms with van der Waals surface area (Å²) < 4.78 is 0. The van der Waals surface area contributed by atoms with E-state index in [4.69, 9.17) is 5.73 Å². The summed E-state index contributed by atoms with van der Waals surface area (Å²) in [5.74, 6) is 0. The molecule has 0 bridgehead atoms. The Morgan fingerprint density at radius 2 is 2.00 bits per heavy atom. The van der Waals surface area contributed by atoms with E-state index in [2.05, 4.69) is 19.6 Å². The minimum atomic E-state index is -1.10. The fourth-order valence-corrected chi connectivity index (χ4v) is 2.46. The van der Waals surface area contributed by atoms with Gasteiger partial charge in [0.15, 0.2) is 0 Å². The van der Waals surface area contributed by atoms with Crippen LogP contribution in [0.2, 0.25) is 25.7 Å². The Kier molecular flexibility index (Phi) is 3.69. The average Bonchev–Trinajstić information content (AvgIpc) is 2.14. The molecule has 0 spiro atoms. The molecule has 0 radical (unpaired) electrons. The number of nitrogens with two attached hydrogens (primary N) is 1. The second-order valence-corrected chi connectivity index (χ2v) is 10.8. The van der Waals surface area contributed by atoms with E-state index >= 15 is 0 Å². The summed E-state index contributed by atoms with van der Waals surface area (Å²) in [5, 5.41) is 10.7. The van der Waals surface area contributed by atoms with E-state index in [-0.39, 0.29) is 11.4 Å². The van der Waals surface area contributed by atoms with E-state index in [1.807, 2.05) is 6.07 Å². The van der Waals surface area contributed by atoms with Crippen molar-refractivity contribution in [1.82, 2.24) is 0 Å². The smallest absolute Gasteiger partial charge is 0.292 e. The summed E-state index contributed by atoms with van der Waals surface area (Å²) >= 11 is 0. The lowest BCUT2D eigenvalue weighted by Crippen LogP contribution is -2.19. The number of aryl methyl sites for hydroxylation is 1. The maximum absolute atomic E-state index is 10.7. The molecule has 16 heavy (non-hydrogen) atoms. The third-order valence-electron chi connectivity index (χ3n) is 2.46. The summed E-state index contributed by atoms with van der Waals surface area (Å²) in [6.45, 7) is 6.87. The van der Waals surface area contributed by atoms with Crippen LogP contribution in [0, 0.1) is 10.1 Å². The summed E-state index contributed by atoms with van der Waals surface area (Å²) in [7, 11) is -1.10. The lowest BCUT2D eigenvalue weighted by atomic mass is 10.1. The van der Waals surface area contributed by atoms with Crippen LogP contribution in [0.4, 0.5) is 11.4 Å². The zero-order chi connectivity index (χ0) is 12.3. The SMILES string of the molecule is C[Si](C)(C)CCc1ccc(N)c([N+](=O)[O-])c1. The maximum Gasteiger partial charge on any atom is 0.292 e. The van der Waals surface area contributed by atoms with E-state index in [9.17, 15) is 10.1 Å². The number of rotatable bonds is 4. The van der Waals surface area contributed by atoms with Gasteiger partial charge in [-0.15, -0.1) is 0 Å². The van der Waals surface area contributed by atoms with E-state index in [0.717, 1.165) is 18.0 Å². The third-order valence-corrected chi connectivity index (χ3v) is 4.21. The minimum absolute atomic E-state index is 0.0214. The second-order valence-electron chi connectivity index (χ2n) is 5.21. The van der Waals surface area contributed by atoms with Gasteiger partial charge < -0.3 is 5.73 Å². The highest BCUT2D eigenvalue weighted by Gasteiger charge is 2.15. The van der Waals surface area contributed by atoms with Gasteiger partial charge in [0, 0.05) is 14.1 Å². The topological polar surface area (TPSA) is 69.2 Å². The van der Waals surface area contributed by atoms with Gasteiger partial charge >= 0.3 is 0 Å². The van der Waals surface area contributed by atoms with Crippen LogP contribution in [0.1, 0.15) is 5.56 Å². The molecule has 88 valence electrons. The zero-order valence-electron chi connectivity index (χ0n) is 9.99. The lowest BCUT2D eigenvalue weighted by molar-refractivity contribution is -0.383. The van der Waals surface area contributed by atoms with Gasteiger partial charge in [-0.2, -0.15) is 0 Å². The highest BCUT2D eigenvalue weighted by atomic mass is 28.3. The number of nitrogen functional groups attached to an aromatic ring is 1. The van der Waals surface area contributed by atoms with E-state index < -0.39 is 13.0 Å². The van der Waals surface area contributed by atoms with Crippen molar-refractivity contribution in [3.05, 3.63) is 33.9 Å². The minimum Gasteiger partial charge on any atom is -0.393 e. The predicted molar refractivity (Wildman–Crippen MR) is 69.4 cm³/mol. The monoisotopic (exact) mass is 238 g/mol. The molecule has 0 atom stereocenters. The Hall–Kier alpha value is -1.36. The van der Waals surface area contributed by atoms with Crippen molar-refractivity contribution in [3.8, 4) is 0 Å². The molecule has 0 unspecified atom stereocenters. The molecule has 2 N–H and O–H groups in total. The van der Waals surface area contributed by atoms with Gasteiger partial charge in [0.2, 0.25) is 0 Å². The van der Waals surface area contributed by atoms with Crippen molar-refractivity contribution in [3.63, 3.8) is 0 Å². The molecule has 0 saturated heterocycles. The van der Waals surface area contributed by atoms with Crippen LogP contribution >= 0.6 is 0 Å². The van der Waals surface area contributed by atoms with Crippen molar-refractivity contribution in [2.75, 3.05) is 5.73 Å². The Labute approximate surface area is 96.6 Å². The van der Waals surface area contributed by atoms with Gasteiger partial charge in [0.25, 0.3) is 5.69 Å². The Bertz CT molecular complexity index is 399.